The highest BCUT2D eigenvalue weighted by Crippen LogP contribution is 2.49. The number of piperidine rings is 1. The normalized spacial score (nSPS) is 26.5. The molecule has 2 bridgehead atoms. The fraction of sp³-hybridized carbons (Fsp3) is 0.667. The number of likely N-dealkylation sites (tertiary alicyclic amines) is 1. The van der Waals surface area contributed by atoms with Gasteiger partial charge >= 0.3 is 0 Å². The van der Waals surface area contributed by atoms with Crippen LogP contribution in [0, 0.1) is 17.8 Å². The van der Waals surface area contributed by atoms with Gasteiger partial charge in [-0.2, -0.15) is 0 Å². The Labute approximate surface area is 208 Å². The van der Waals surface area contributed by atoms with Crippen molar-refractivity contribution in [3.8, 4) is 0 Å². The molecule has 7 heteroatoms. The van der Waals surface area contributed by atoms with E-state index in [0.717, 1.165) is 49.0 Å². The molecule has 6 nitrogen and oxygen atoms in total. The number of nitrogens with zero attached hydrogens (tertiary/aromatic N) is 4. The van der Waals surface area contributed by atoms with Gasteiger partial charge in [-0.05, 0) is 82.4 Å². The van der Waals surface area contributed by atoms with Crippen molar-refractivity contribution in [3.05, 3.63) is 41.7 Å². The Balaban J connectivity index is 1.26. The predicted octanol–water partition coefficient (Wildman–Crippen LogP) is 4.73. The molecule has 2 heterocycles. The zero-order valence-electron chi connectivity index (χ0n) is 20.7. The molecule has 5 rings (SSSR count). The summed E-state index contributed by atoms with van der Waals surface area (Å²) in [6.07, 6.45) is 9.24. The van der Waals surface area contributed by atoms with Gasteiger partial charge in [0, 0.05) is 6.04 Å². The second-order valence-corrected chi connectivity index (χ2v) is 12.0. The van der Waals surface area contributed by atoms with Gasteiger partial charge in [-0.3, -0.25) is 9.69 Å². The fourth-order valence-corrected chi connectivity index (χ4v) is 7.21. The molecule has 1 aromatic heterocycles. The van der Waals surface area contributed by atoms with Crippen molar-refractivity contribution in [1.29, 1.82) is 0 Å². The molecule has 0 unspecified atom stereocenters. The number of benzene rings is 1. The van der Waals surface area contributed by atoms with Crippen LogP contribution >= 0.6 is 11.8 Å². The fourth-order valence-electron chi connectivity index (χ4n) is 6.33. The average Bonchev–Trinajstić information content (AvgIpc) is 3.58. The minimum atomic E-state index is -0.206. The Morgan fingerprint density at radius 1 is 1.06 bits per heavy atom. The molecule has 1 aromatic carbocycles. The number of nitrogens with one attached hydrogen (secondary N) is 1. The van der Waals surface area contributed by atoms with E-state index in [-0.39, 0.29) is 17.2 Å². The van der Waals surface area contributed by atoms with Gasteiger partial charge in [0.15, 0.2) is 5.16 Å². The number of carbonyl (C=O) groups is 1. The molecule has 1 aliphatic heterocycles. The quantitative estimate of drug-likeness (QED) is 0.525. The highest BCUT2D eigenvalue weighted by atomic mass is 32.2. The molecule has 0 radical (unpaired) electrons. The van der Waals surface area contributed by atoms with Gasteiger partial charge in [0.1, 0.15) is 5.82 Å². The standard InChI is InChI=1S/C27H39N5OS/c1-19(24-16-22-11-12-23(24)15-22)28-26(33)20(2)34-27-30-29-25(18-31-13-7-4-8-14-31)32(27)17-21-9-5-3-6-10-21/h3,5-6,9-10,19-20,22-24H,4,7-8,11-18H2,1-2H3,(H,28,33)/t19-,20-,22-,23-,24-/m1/s1. The maximum absolute atomic E-state index is 13.1. The van der Waals surface area contributed by atoms with Crippen LogP contribution in [-0.2, 0) is 17.9 Å². The minimum absolute atomic E-state index is 0.118. The van der Waals surface area contributed by atoms with Crippen LogP contribution in [0.5, 0.6) is 0 Å². The third-order valence-electron chi connectivity index (χ3n) is 8.25. The first-order chi connectivity index (χ1) is 16.6. The lowest BCUT2D eigenvalue weighted by atomic mass is 9.84. The Kier molecular flexibility index (Phi) is 7.59. The van der Waals surface area contributed by atoms with Crippen molar-refractivity contribution in [2.45, 2.75) is 88.3 Å². The maximum Gasteiger partial charge on any atom is 0.233 e. The van der Waals surface area contributed by atoms with Crippen molar-refractivity contribution in [3.63, 3.8) is 0 Å². The summed E-state index contributed by atoms with van der Waals surface area (Å²) in [4.78, 5) is 15.6. The Morgan fingerprint density at radius 2 is 1.85 bits per heavy atom. The summed E-state index contributed by atoms with van der Waals surface area (Å²) >= 11 is 1.54. The van der Waals surface area contributed by atoms with E-state index in [1.54, 1.807) is 0 Å². The van der Waals surface area contributed by atoms with Gasteiger partial charge in [0.2, 0.25) is 5.91 Å². The van der Waals surface area contributed by atoms with Crippen LogP contribution in [-0.4, -0.2) is 50.0 Å². The number of hydrogen-bond donors (Lipinski definition) is 1. The summed E-state index contributed by atoms with van der Waals surface area (Å²) in [5.41, 5.74) is 1.23. The molecule has 2 saturated carbocycles. The number of amides is 1. The smallest absolute Gasteiger partial charge is 0.233 e. The second kappa shape index (κ2) is 10.8. The molecule has 1 amide bonds. The number of thioether (sulfide) groups is 1. The molecule has 1 N–H and O–H groups in total. The number of aromatic nitrogens is 3. The number of rotatable bonds is 9. The average molecular weight is 482 g/mol. The van der Waals surface area contributed by atoms with Crippen LogP contribution in [0.25, 0.3) is 0 Å². The minimum Gasteiger partial charge on any atom is -0.352 e. The predicted molar refractivity (Wildman–Crippen MR) is 137 cm³/mol. The summed E-state index contributed by atoms with van der Waals surface area (Å²) < 4.78 is 2.22. The topological polar surface area (TPSA) is 63.1 Å². The van der Waals surface area contributed by atoms with Crippen LogP contribution in [0.3, 0.4) is 0 Å². The van der Waals surface area contributed by atoms with Crippen molar-refractivity contribution in [2.24, 2.45) is 17.8 Å². The molecule has 3 aliphatic rings. The third kappa shape index (κ3) is 5.51. The van der Waals surface area contributed by atoms with Crippen molar-refractivity contribution < 1.29 is 4.79 Å². The van der Waals surface area contributed by atoms with Crippen LogP contribution in [0.4, 0.5) is 0 Å². The van der Waals surface area contributed by atoms with Crippen LogP contribution in [0.1, 0.15) is 70.2 Å². The first-order valence-corrected chi connectivity index (χ1v) is 14.1. The lowest BCUT2D eigenvalue weighted by Crippen LogP contribution is -2.43. The Morgan fingerprint density at radius 3 is 2.56 bits per heavy atom. The molecular formula is C27H39N5OS. The molecule has 184 valence electrons. The van der Waals surface area contributed by atoms with Gasteiger partial charge in [0.05, 0.1) is 18.3 Å². The monoisotopic (exact) mass is 481 g/mol. The first-order valence-electron chi connectivity index (χ1n) is 13.2. The zero-order valence-corrected chi connectivity index (χ0v) is 21.5. The second-order valence-electron chi connectivity index (χ2n) is 10.7. The summed E-state index contributed by atoms with van der Waals surface area (Å²) in [5, 5.41) is 13.1. The van der Waals surface area contributed by atoms with E-state index in [1.807, 2.05) is 13.0 Å². The lowest BCUT2D eigenvalue weighted by molar-refractivity contribution is -0.121. The van der Waals surface area contributed by atoms with Crippen LogP contribution in [0.2, 0.25) is 0 Å². The molecular weight excluding hydrogens is 442 g/mol. The van der Waals surface area contributed by atoms with Crippen molar-refractivity contribution in [2.75, 3.05) is 13.1 Å². The first kappa shape index (κ1) is 23.9. The summed E-state index contributed by atoms with van der Waals surface area (Å²) in [6.45, 7) is 8.01. The van der Waals surface area contributed by atoms with E-state index in [2.05, 4.69) is 56.2 Å². The Bertz CT molecular complexity index is 957. The van der Waals surface area contributed by atoms with Gasteiger partial charge in [-0.1, -0.05) is 54.9 Å². The summed E-state index contributed by atoms with van der Waals surface area (Å²) in [5.74, 6) is 3.48. The van der Waals surface area contributed by atoms with E-state index in [0.29, 0.717) is 5.92 Å². The SMILES string of the molecule is C[C@@H](Sc1nnc(CN2CCCCC2)n1Cc1ccccc1)C(=O)N[C@H](C)[C@H]1C[C@@H]2CC[C@@H]1C2. The van der Waals surface area contributed by atoms with E-state index in [9.17, 15) is 4.79 Å². The van der Waals surface area contributed by atoms with Gasteiger partial charge in [0.25, 0.3) is 0 Å². The van der Waals surface area contributed by atoms with Crippen molar-refractivity contribution >= 4 is 17.7 Å². The Hall–Kier alpha value is -1.86. The molecule has 0 spiro atoms. The molecule has 1 saturated heterocycles. The molecule has 3 fully saturated rings. The maximum atomic E-state index is 13.1. The summed E-state index contributed by atoms with van der Waals surface area (Å²) in [7, 11) is 0. The van der Waals surface area contributed by atoms with Crippen LogP contribution in [0.15, 0.2) is 35.5 Å². The molecule has 2 aromatic rings. The van der Waals surface area contributed by atoms with E-state index >= 15 is 0 Å². The molecule has 5 atom stereocenters. The highest BCUT2D eigenvalue weighted by Gasteiger charge is 2.42. The van der Waals surface area contributed by atoms with Gasteiger partial charge in [-0.15, -0.1) is 10.2 Å². The zero-order chi connectivity index (χ0) is 23.5. The molecule has 2 aliphatic carbocycles. The number of fused-ring (bicyclic) bond motifs is 2. The van der Waals surface area contributed by atoms with Gasteiger partial charge in [-0.25, -0.2) is 0 Å². The van der Waals surface area contributed by atoms with E-state index in [1.165, 1.54) is 62.3 Å². The van der Waals surface area contributed by atoms with Gasteiger partial charge < -0.3 is 9.88 Å². The summed E-state index contributed by atoms with van der Waals surface area (Å²) in [6, 6.07) is 10.7. The largest absolute Gasteiger partial charge is 0.352 e. The van der Waals surface area contributed by atoms with E-state index in [4.69, 9.17) is 0 Å². The number of carbonyl (C=O) groups excluding carboxylic acids is 1. The van der Waals surface area contributed by atoms with Crippen molar-refractivity contribution in [1.82, 2.24) is 25.0 Å². The number of hydrogen-bond acceptors (Lipinski definition) is 5. The highest BCUT2D eigenvalue weighted by molar-refractivity contribution is 8.00. The van der Waals surface area contributed by atoms with E-state index < -0.39 is 0 Å². The molecule has 34 heavy (non-hydrogen) atoms. The lowest BCUT2D eigenvalue weighted by Gasteiger charge is -2.29. The third-order valence-corrected chi connectivity index (χ3v) is 9.33. The van der Waals surface area contributed by atoms with Crippen LogP contribution < -0.4 is 5.32 Å².